The van der Waals surface area contributed by atoms with Crippen LogP contribution in [0.3, 0.4) is 0 Å². The average Bonchev–Trinajstić information content (AvgIpc) is 2.31. The first-order chi connectivity index (χ1) is 7.83. The van der Waals surface area contributed by atoms with Crippen molar-refractivity contribution in [3.63, 3.8) is 0 Å². The molecule has 16 heavy (non-hydrogen) atoms. The third kappa shape index (κ3) is 2.34. The van der Waals surface area contributed by atoms with Crippen molar-refractivity contribution in [1.82, 2.24) is 4.90 Å². The van der Waals surface area contributed by atoms with Gasteiger partial charge in [0.05, 0.1) is 19.3 Å². The lowest BCUT2D eigenvalue weighted by Crippen LogP contribution is -2.39. The van der Waals surface area contributed by atoms with Crippen molar-refractivity contribution in [3.05, 3.63) is 48.0 Å². The predicted molar refractivity (Wildman–Crippen MR) is 66.5 cm³/mol. The monoisotopic (exact) mass is 217 g/mol. The van der Waals surface area contributed by atoms with Gasteiger partial charge in [-0.15, -0.1) is 6.58 Å². The molecule has 1 atom stereocenters. The number of ether oxygens (including phenoxy) is 1. The second kappa shape index (κ2) is 5.28. The van der Waals surface area contributed by atoms with Gasteiger partial charge in [-0.05, 0) is 18.1 Å². The minimum atomic E-state index is 0.382. The largest absolute Gasteiger partial charge is 0.378 e. The van der Waals surface area contributed by atoms with Crippen LogP contribution in [0.2, 0.25) is 0 Å². The Bertz CT molecular complexity index is 362. The van der Waals surface area contributed by atoms with Crippen molar-refractivity contribution in [3.8, 4) is 0 Å². The van der Waals surface area contributed by atoms with Gasteiger partial charge in [-0.2, -0.15) is 0 Å². The molecule has 0 N–H and O–H groups in total. The van der Waals surface area contributed by atoms with E-state index in [1.54, 1.807) is 0 Å². The Hall–Kier alpha value is -1.12. The van der Waals surface area contributed by atoms with E-state index in [9.17, 15) is 0 Å². The van der Waals surface area contributed by atoms with E-state index in [2.05, 4.69) is 42.7 Å². The van der Waals surface area contributed by atoms with E-state index >= 15 is 0 Å². The standard InChI is InChI=1S/C14H19NO/c1-3-8-15-9-10-16-11-14(15)13-7-5-4-6-12(13)2/h3-7,14H,1,8-11H2,2H3. The average molecular weight is 217 g/mol. The van der Waals surface area contributed by atoms with Crippen molar-refractivity contribution >= 4 is 0 Å². The first-order valence-corrected chi connectivity index (χ1v) is 5.81. The molecule has 1 saturated heterocycles. The first-order valence-electron chi connectivity index (χ1n) is 5.81. The second-order valence-corrected chi connectivity index (χ2v) is 4.23. The van der Waals surface area contributed by atoms with Crippen LogP contribution >= 0.6 is 0 Å². The van der Waals surface area contributed by atoms with Gasteiger partial charge >= 0.3 is 0 Å². The maximum Gasteiger partial charge on any atom is 0.0664 e. The van der Waals surface area contributed by atoms with Gasteiger partial charge in [0.25, 0.3) is 0 Å². The first kappa shape index (κ1) is 11.4. The zero-order valence-electron chi connectivity index (χ0n) is 9.86. The maximum absolute atomic E-state index is 5.59. The van der Waals surface area contributed by atoms with Gasteiger partial charge in [0.2, 0.25) is 0 Å². The quantitative estimate of drug-likeness (QED) is 0.721. The van der Waals surface area contributed by atoms with Crippen LogP contribution in [0.4, 0.5) is 0 Å². The maximum atomic E-state index is 5.59. The Balaban J connectivity index is 2.22. The molecule has 1 unspecified atom stereocenters. The molecule has 86 valence electrons. The van der Waals surface area contributed by atoms with Crippen LogP contribution in [-0.2, 0) is 4.74 Å². The molecule has 1 aliphatic heterocycles. The lowest BCUT2D eigenvalue weighted by molar-refractivity contribution is -0.00277. The van der Waals surface area contributed by atoms with Gasteiger partial charge in [-0.1, -0.05) is 30.3 Å². The number of nitrogens with zero attached hydrogens (tertiary/aromatic N) is 1. The Morgan fingerprint density at radius 3 is 3.06 bits per heavy atom. The molecule has 2 heteroatoms. The molecular weight excluding hydrogens is 198 g/mol. The molecule has 0 aliphatic carbocycles. The lowest BCUT2D eigenvalue weighted by Gasteiger charge is -2.35. The fourth-order valence-electron chi connectivity index (χ4n) is 2.27. The fraction of sp³-hybridized carbons (Fsp3) is 0.429. The normalized spacial score (nSPS) is 21.9. The van der Waals surface area contributed by atoms with E-state index in [4.69, 9.17) is 4.74 Å². The molecule has 0 bridgehead atoms. The van der Waals surface area contributed by atoms with E-state index < -0.39 is 0 Å². The molecule has 0 radical (unpaired) electrons. The highest BCUT2D eigenvalue weighted by molar-refractivity contribution is 5.29. The third-order valence-electron chi connectivity index (χ3n) is 3.15. The van der Waals surface area contributed by atoms with Crippen molar-refractivity contribution in [1.29, 1.82) is 0 Å². The molecule has 2 rings (SSSR count). The number of aryl methyl sites for hydroxylation is 1. The Morgan fingerprint density at radius 2 is 2.31 bits per heavy atom. The van der Waals surface area contributed by atoms with Crippen molar-refractivity contribution < 1.29 is 4.74 Å². The molecule has 1 aliphatic rings. The highest BCUT2D eigenvalue weighted by Crippen LogP contribution is 2.26. The lowest BCUT2D eigenvalue weighted by atomic mass is 10.00. The van der Waals surface area contributed by atoms with Crippen LogP contribution in [0, 0.1) is 6.92 Å². The molecule has 0 saturated carbocycles. The van der Waals surface area contributed by atoms with Crippen molar-refractivity contribution in [2.45, 2.75) is 13.0 Å². The predicted octanol–water partition coefficient (Wildman–Crippen LogP) is 2.55. The SMILES string of the molecule is C=CCN1CCOCC1c1ccccc1C. The van der Waals surface area contributed by atoms with Gasteiger partial charge in [0.15, 0.2) is 0 Å². The molecular formula is C14H19NO. The number of hydrogen-bond donors (Lipinski definition) is 0. The summed E-state index contributed by atoms with van der Waals surface area (Å²) in [6.07, 6.45) is 1.97. The molecule has 1 aromatic carbocycles. The molecule has 0 aromatic heterocycles. The summed E-state index contributed by atoms with van der Waals surface area (Å²) < 4.78 is 5.59. The van der Waals surface area contributed by atoms with Crippen LogP contribution < -0.4 is 0 Å². The molecule has 0 spiro atoms. The summed E-state index contributed by atoms with van der Waals surface area (Å²) in [6, 6.07) is 8.93. The van der Waals surface area contributed by atoms with Crippen LogP contribution in [-0.4, -0.2) is 31.2 Å². The summed E-state index contributed by atoms with van der Waals surface area (Å²) >= 11 is 0. The highest BCUT2D eigenvalue weighted by atomic mass is 16.5. The zero-order chi connectivity index (χ0) is 11.4. The van der Waals surface area contributed by atoms with Crippen LogP contribution in [0.15, 0.2) is 36.9 Å². The van der Waals surface area contributed by atoms with Gasteiger partial charge in [0, 0.05) is 13.1 Å². The van der Waals surface area contributed by atoms with Crippen LogP contribution in [0.5, 0.6) is 0 Å². The third-order valence-corrected chi connectivity index (χ3v) is 3.15. The minimum absolute atomic E-state index is 0.382. The second-order valence-electron chi connectivity index (χ2n) is 4.23. The Morgan fingerprint density at radius 1 is 1.50 bits per heavy atom. The Labute approximate surface area is 97.5 Å². The molecule has 1 fully saturated rings. The summed E-state index contributed by atoms with van der Waals surface area (Å²) in [5.41, 5.74) is 2.72. The number of hydrogen-bond acceptors (Lipinski definition) is 2. The zero-order valence-corrected chi connectivity index (χ0v) is 9.86. The molecule has 1 aromatic rings. The van der Waals surface area contributed by atoms with E-state index in [1.165, 1.54) is 11.1 Å². The minimum Gasteiger partial charge on any atom is -0.378 e. The van der Waals surface area contributed by atoms with Gasteiger partial charge in [-0.3, -0.25) is 4.90 Å². The Kier molecular flexibility index (Phi) is 3.75. The van der Waals surface area contributed by atoms with Crippen LogP contribution in [0.1, 0.15) is 17.2 Å². The smallest absolute Gasteiger partial charge is 0.0664 e. The molecule has 0 amide bonds. The molecule has 2 nitrogen and oxygen atoms in total. The summed E-state index contributed by atoms with van der Waals surface area (Å²) in [4.78, 5) is 2.43. The summed E-state index contributed by atoms with van der Waals surface area (Å²) in [6.45, 7) is 9.53. The summed E-state index contributed by atoms with van der Waals surface area (Å²) in [7, 11) is 0. The fourth-order valence-corrected chi connectivity index (χ4v) is 2.27. The van der Waals surface area contributed by atoms with Gasteiger partial charge in [-0.25, -0.2) is 0 Å². The van der Waals surface area contributed by atoms with Gasteiger partial charge in [0.1, 0.15) is 0 Å². The van der Waals surface area contributed by atoms with Crippen molar-refractivity contribution in [2.24, 2.45) is 0 Å². The number of rotatable bonds is 3. The van der Waals surface area contributed by atoms with E-state index in [1.807, 2.05) is 6.08 Å². The van der Waals surface area contributed by atoms with Gasteiger partial charge < -0.3 is 4.74 Å². The van der Waals surface area contributed by atoms with Crippen LogP contribution in [0.25, 0.3) is 0 Å². The summed E-state index contributed by atoms with van der Waals surface area (Å²) in [5.74, 6) is 0. The number of benzene rings is 1. The van der Waals surface area contributed by atoms with E-state index in [0.29, 0.717) is 6.04 Å². The van der Waals surface area contributed by atoms with Crippen molar-refractivity contribution in [2.75, 3.05) is 26.3 Å². The molecule has 1 heterocycles. The van der Waals surface area contributed by atoms with E-state index in [0.717, 1.165) is 26.3 Å². The topological polar surface area (TPSA) is 12.5 Å². The highest BCUT2D eigenvalue weighted by Gasteiger charge is 2.24. The van der Waals surface area contributed by atoms with E-state index in [-0.39, 0.29) is 0 Å². The summed E-state index contributed by atoms with van der Waals surface area (Å²) in [5, 5.41) is 0. The number of morpholine rings is 1.